The molecule has 0 saturated heterocycles. The molecule has 2 N–H and O–H groups in total. The van der Waals surface area contributed by atoms with E-state index in [1.54, 1.807) is 6.92 Å². The summed E-state index contributed by atoms with van der Waals surface area (Å²) < 4.78 is 50.8. The van der Waals surface area contributed by atoms with Crippen LogP contribution in [0.2, 0.25) is 0 Å². The van der Waals surface area contributed by atoms with Crippen LogP contribution in [0.5, 0.6) is 0 Å². The van der Waals surface area contributed by atoms with Crippen molar-refractivity contribution in [1.82, 2.24) is 5.32 Å². The lowest BCUT2D eigenvalue weighted by Gasteiger charge is -2.16. The molecule has 0 amide bonds. The molecule has 0 fully saturated rings. The number of aliphatic carboxylic acids is 1. The number of benzene rings is 1. The molecule has 106 valence electrons. The number of carboxylic acids is 1. The highest BCUT2D eigenvalue weighted by Crippen LogP contribution is 2.31. The minimum Gasteiger partial charge on any atom is -0.480 e. The fourth-order valence-corrected chi connectivity index (χ4v) is 1.58. The van der Waals surface area contributed by atoms with Gasteiger partial charge in [-0.1, -0.05) is 6.92 Å². The van der Waals surface area contributed by atoms with Crippen molar-refractivity contribution in [3.63, 3.8) is 0 Å². The Labute approximate surface area is 107 Å². The molecule has 0 saturated carbocycles. The molecule has 0 aliphatic heterocycles. The van der Waals surface area contributed by atoms with Crippen molar-refractivity contribution in [3.05, 3.63) is 35.1 Å². The van der Waals surface area contributed by atoms with E-state index in [4.69, 9.17) is 5.11 Å². The van der Waals surface area contributed by atoms with Gasteiger partial charge >= 0.3 is 12.1 Å². The number of alkyl halides is 3. The highest BCUT2D eigenvalue weighted by molar-refractivity contribution is 5.75. The maximum Gasteiger partial charge on any atom is 0.416 e. The zero-order chi connectivity index (χ0) is 14.6. The number of hydrogen-bond donors (Lipinski definition) is 2. The van der Waals surface area contributed by atoms with Crippen molar-refractivity contribution in [2.45, 2.75) is 25.6 Å². The van der Waals surface area contributed by atoms with Crippen molar-refractivity contribution >= 4 is 5.97 Å². The van der Waals surface area contributed by atoms with Crippen molar-refractivity contribution in [2.75, 3.05) is 6.54 Å². The van der Waals surface area contributed by atoms with Crippen LogP contribution in [0.1, 0.15) is 30.5 Å². The van der Waals surface area contributed by atoms with Crippen LogP contribution < -0.4 is 5.32 Å². The quantitative estimate of drug-likeness (QED) is 0.815. The highest BCUT2D eigenvalue weighted by atomic mass is 19.4. The van der Waals surface area contributed by atoms with Crippen LogP contribution in [0, 0.1) is 5.82 Å². The first kappa shape index (κ1) is 15.4. The third kappa shape index (κ3) is 4.20. The summed E-state index contributed by atoms with van der Waals surface area (Å²) in [5, 5.41) is 11.5. The van der Waals surface area contributed by atoms with E-state index in [0.29, 0.717) is 25.1 Å². The Morgan fingerprint density at radius 1 is 1.37 bits per heavy atom. The Balaban J connectivity index is 3.16. The molecule has 0 heterocycles. The van der Waals surface area contributed by atoms with Crippen molar-refractivity contribution < 1.29 is 27.5 Å². The van der Waals surface area contributed by atoms with Crippen LogP contribution in [0.15, 0.2) is 18.2 Å². The largest absolute Gasteiger partial charge is 0.480 e. The van der Waals surface area contributed by atoms with Crippen molar-refractivity contribution in [1.29, 1.82) is 0 Å². The molecule has 19 heavy (non-hydrogen) atoms. The van der Waals surface area contributed by atoms with Crippen molar-refractivity contribution in [3.8, 4) is 0 Å². The number of hydrogen-bond acceptors (Lipinski definition) is 2. The maximum absolute atomic E-state index is 13.2. The fraction of sp³-hybridized carbons (Fsp3) is 0.417. The van der Waals surface area contributed by atoms with E-state index in [-0.39, 0.29) is 5.56 Å². The summed E-state index contributed by atoms with van der Waals surface area (Å²) in [5.41, 5.74) is -1.46. The predicted molar refractivity (Wildman–Crippen MR) is 60.1 cm³/mol. The third-order valence-corrected chi connectivity index (χ3v) is 2.43. The average molecular weight is 279 g/mol. The Morgan fingerprint density at radius 3 is 2.47 bits per heavy atom. The van der Waals surface area contributed by atoms with E-state index < -0.39 is 29.6 Å². The van der Waals surface area contributed by atoms with Gasteiger partial charge in [-0.05, 0) is 36.7 Å². The van der Waals surface area contributed by atoms with E-state index in [1.807, 2.05) is 0 Å². The van der Waals surface area contributed by atoms with Gasteiger partial charge in [-0.15, -0.1) is 0 Å². The Bertz CT molecular complexity index is 460. The molecule has 0 radical (unpaired) electrons. The zero-order valence-corrected chi connectivity index (χ0v) is 10.1. The molecule has 3 nitrogen and oxygen atoms in total. The SMILES string of the molecule is CCCNC(C(=O)O)c1cc(F)cc(C(F)(F)F)c1. The minimum atomic E-state index is -4.72. The van der Waals surface area contributed by atoms with E-state index in [0.717, 1.165) is 6.07 Å². The van der Waals surface area contributed by atoms with Gasteiger partial charge in [0.2, 0.25) is 0 Å². The van der Waals surface area contributed by atoms with E-state index >= 15 is 0 Å². The van der Waals surface area contributed by atoms with Crippen LogP contribution in [0.4, 0.5) is 17.6 Å². The molecular formula is C12H13F4NO2. The predicted octanol–water partition coefficient (Wildman–Crippen LogP) is 2.97. The molecule has 0 spiro atoms. The van der Waals surface area contributed by atoms with Gasteiger partial charge in [0.05, 0.1) is 5.56 Å². The lowest BCUT2D eigenvalue weighted by atomic mass is 10.0. The van der Waals surface area contributed by atoms with Gasteiger partial charge in [0.15, 0.2) is 0 Å². The summed E-state index contributed by atoms with van der Waals surface area (Å²) in [5.74, 6) is -2.47. The number of carbonyl (C=O) groups is 1. The highest BCUT2D eigenvalue weighted by Gasteiger charge is 2.32. The molecule has 0 aromatic heterocycles. The second-order valence-electron chi connectivity index (χ2n) is 4.00. The lowest BCUT2D eigenvalue weighted by Crippen LogP contribution is -2.29. The van der Waals surface area contributed by atoms with Crippen molar-refractivity contribution in [2.24, 2.45) is 0 Å². The summed E-state index contributed by atoms with van der Waals surface area (Å²) in [4.78, 5) is 11.0. The van der Waals surface area contributed by atoms with E-state index in [2.05, 4.69) is 5.32 Å². The summed E-state index contributed by atoms with van der Waals surface area (Å²) in [6.45, 7) is 2.08. The monoisotopic (exact) mass is 279 g/mol. The Morgan fingerprint density at radius 2 is 2.00 bits per heavy atom. The van der Waals surface area contributed by atoms with Gasteiger partial charge in [-0.2, -0.15) is 13.2 Å². The summed E-state index contributed by atoms with van der Waals surface area (Å²) in [6.07, 6.45) is -4.12. The second-order valence-corrected chi connectivity index (χ2v) is 4.00. The van der Waals surface area contributed by atoms with E-state index in [1.165, 1.54) is 0 Å². The summed E-state index contributed by atoms with van der Waals surface area (Å²) in [7, 11) is 0. The molecule has 0 bridgehead atoms. The summed E-state index contributed by atoms with van der Waals surface area (Å²) in [6, 6.07) is 0.403. The zero-order valence-electron chi connectivity index (χ0n) is 10.1. The second kappa shape index (κ2) is 6.01. The topological polar surface area (TPSA) is 49.3 Å². The molecular weight excluding hydrogens is 266 g/mol. The van der Waals surface area contributed by atoms with Crippen LogP contribution in [-0.2, 0) is 11.0 Å². The van der Waals surface area contributed by atoms with Crippen LogP contribution in [-0.4, -0.2) is 17.6 Å². The normalized spacial score (nSPS) is 13.3. The molecule has 1 aromatic rings. The average Bonchev–Trinajstić information content (AvgIpc) is 2.27. The first-order valence-electron chi connectivity index (χ1n) is 5.59. The van der Waals surface area contributed by atoms with Gasteiger partial charge in [0.1, 0.15) is 11.9 Å². The molecule has 0 aliphatic rings. The third-order valence-electron chi connectivity index (χ3n) is 2.43. The molecule has 1 aromatic carbocycles. The molecule has 1 rings (SSSR count). The van der Waals surface area contributed by atoms with Gasteiger partial charge in [-0.25, -0.2) is 4.39 Å². The first-order chi connectivity index (χ1) is 8.75. The van der Waals surface area contributed by atoms with Gasteiger partial charge < -0.3 is 10.4 Å². The molecule has 1 unspecified atom stereocenters. The maximum atomic E-state index is 13.2. The van der Waals surface area contributed by atoms with Crippen LogP contribution >= 0.6 is 0 Å². The Kier molecular flexibility index (Phi) is 4.88. The molecule has 1 atom stereocenters. The molecule has 7 heteroatoms. The van der Waals surface area contributed by atoms with E-state index in [9.17, 15) is 22.4 Å². The van der Waals surface area contributed by atoms with Crippen LogP contribution in [0.25, 0.3) is 0 Å². The number of nitrogens with one attached hydrogen (secondary N) is 1. The number of rotatable bonds is 5. The van der Waals surface area contributed by atoms with Gasteiger partial charge in [0, 0.05) is 0 Å². The number of carboxylic acid groups (broad SMARTS) is 1. The fourth-order valence-electron chi connectivity index (χ4n) is 1.58. The lowest BCUT2D eigenvalue weighted by molar-refractivity contribution is -0.141. The first-order valence-corrected chi connectivity index (χ1v) is 5.59. The van der Waals surface area contributed by atoms with Crippen LogP contribution in [0.3, 0.4) is 0 Å². The number of halogens is 4. The molecule has 0 aliphatic carbocycles. The van der Waals surface area contributed by atoms with Gasteiger partial charge in [-0.3, -0.25) is 4.79 Å². The Hall–Kier alpha value is -1.63. The van der Waals surface area contributed by atoms with Gasteiger partial charge in [0.25, 0.3) is 0 Å². The standard InChI is InChI=1S/C12H13F4NO2/c1-2-3-17-10(11(18)19)7-4-8(12(14,15)16)6-9(13)5-7/h4-6,10,17H,2-3H2,1H3,(H,18,19). The smallest absolute Gasteiger partial charge is 0.416 e. The summed E-state index contributed by atoms with van der Waals surface area (Å²) >= 11 is 0. The minimum absolute atomic E-state index is 0.256.